The van der Waals surface area contributed by atoms with Crippen molar-refractivity contribution in [3.8, 4) is 5.75 Å². The normalized spacial score (nSPS) is 25.5. The van der Waals surface area contributed by atoms with Gasteiger partial charge < -0.3 is 15.6 Å². The number of carbonyl (C=O) groups is 1. The number of Topliss-reactive ketones (excluding diaryl/α,β-unsaturated/α-hetero) is 1. The van der Waals surface area contributed by atoms with E-state index in [0.717, 1.165) is 17.5 Å². The van der Waals surface area contributed by atoms with Gasteiger partial charge in [0, 0.05) is 10.6 Å². The lowest BCUT2D eigenvalue weighted by Crippen LogP contribution is -2.54. The van der Waals surface area contributed by atoms with Crippen LogP contribution in [-0.4, -0.2) is 28.9 Å². The van der Waals surface area contributed by atoms with Crippen LogP contribution in [0.2, 0.25) is 5.02 Å². The van der Waals surface area contributed by atoms with Gasteiger partial charge in [-0.25, -0.2) is 4.99 Å². The molecule has 2 bridgehead atoms. The molecule has 0 saturated heterocycles. The second-order valence-electron chi connectivity index (χ2n) is 7.13. The highest BCUT2D eigenvalue weighted by atomic mass is 35.5. The average molecular weight is 385 g/mol. The van der Waals surface area contributed by atoms with E-state index in [1.807, 2.05) is 30.3 Å². The smallest absolute Gasteiger partial charge is 0.205 e. The van der Waals surface area contributed by atoms with Gasteiger partial charge in [-0.3, -0.25) is 4.79 Å². The highest BCUT2D eigenvalue weighted by molar-refractivity contribution is 6.32. The fourth-order valence-corrected chi connectivity index (χ4v) is 4.21. The third-order valence-corrected chi connectivity index (χ3v) is 5.63. The third-order valence-electron chi connectivity index (χ3n) is 5.30. The number of benzene rings is 2. The highest BCUT2D eigenvalue weighted by Crippen LogP contribution is 2.44. The highest BCUT2D eigenvalue weighted by Gasteiger charge is 2.52. The first-order valence-corrected chi connectivity index (χ1v) is 9.46. The Morgan fingerprint density at radius 3 is 2.74 bits per heavy atom. The molecule has 3 N–H and O–H groups in total. The lowest BCUT2D eigenvalue weighted by molar-refractivity contribution is -0.137. The van der Waals surface area contributed by atoms with E-state index in [9.17, 15) is 9.90 Å². The van der Waals surface area contributed by atoms with Crippen molar-refractivity contribution in [1.29, 1.82) is 0 Å². The van der Waals surface area contributed by atoms with Crippen LogP contribution < -0.4 is 5.73 Å². The summed E-state index contributed by atoms with van der Waals surface area (Å²) in [6, 6.07) is 13.7. The first-order valence-electron chi connectivity index (χ1n) is 9.09. The number of hydrogen-bond acceptors (Lipinski definition) is 5. The molecule has 2 unspecified atom stereocenters. The number of nitrogens with two attached hydrogens (primary N) is 1. The summed E-state index contributed by atoms with van der Waals surface area (Å²) in [5.41, 5.74) is 7.05. The molecule has 2 aromatic rings. The van der Waals surface area contributed by atoms with Crippen LogP contribution in [0.5, 0.6) is 5.75 Å². The first kappa shape index (κ1) is 18.0. The van der Waals surface area contributed by atoms with Crippen molar-refractivity contribution in [3.05, 3.63) is 64.7 Å². The molecule has 1 aliphatic carbocycles. The molecule has 4 rings (SSSR count). The Morgan fingerprint density at radius 1 is 1.26 bits per heavy atom. The molecule has 3 atom stereocenters. The number of nitrogens with zero attached hydrogens (tertiary/aromatic N) is 1. The van der Waals surface area contributed by atoms with Gasteiger partial charge in [0.1, 0.15) is 5.75 Å². The molecular formula is C21H21ClN2O3. The molecule has 6 heteroatoms. The summed E-state index contributed by atoms with van der Waals surface area (Å²) in [4.78, 5) is 17.8. The molecule has 2 aliphatic rings. The maximum absolute atomic E-state index is 13.1. The topological polar surface area (TPSA) is 84.9 Å². The van der Waals surface area contributed by atoms with Crippen molar-refractivity contribution >= 4 is 23.3 Å². The van der Waals surface area contributed by atoms with Gasteiger partial charge in [0.05, 0.1) is 6.04 Å². The minimum Gasteiger partial charge on any atom is -0.508 e. The average Bonchev–Trinajstić information content (AvgIpc) is 2.64. The van der Waals surface area contributed by atoms with Crippen LogP contribution in [0.15, 0.2) is 53.5 Å². The van der Waals surface area contributed by atoms with Crippen molar-refractivity contribution in [2.45, 2.75) is 43.4 Å². The van der Waals surface area contributed by atoms with E-state index >= 15 is 0 Å². The molecule has 1 saturated carbocycles. The monoisotopic (exact) mass is 384 g/mol. The number of aliphatic imine (C=N–C) groups is 1. The van der Waals surface area contributed by atoms with Crippen molar-refractivity contribution < 1.29 is 14.6 Å². The van der Waals surface area contributed by atoms with Gasteiger partial charge >= 0.3 is 0 Å². The molecule has 1 fully saturated rings. The SMILES string of the molecule is N[C@@H](Cc1ccc(O)cc1)C1=NC2(c3ccccc3Cl)CCCC(O1)C2=O. The van der Waals surface area contributed by atoms with Crippen molar-refractivity contribution in [2.75, 3.05) is 0 Å². The van der Waals surface area contributed by atoms with Gasteiger partial charge in [0.15, 0.2) is 11.6 Å². The summed E-state index contributed by atoms with van der Waals surface area (Å²) >= 11 is 6.42. The number of carbonyl (C=O) groups excluding carboxylic acids is 1. The van der Waals surface area contributed by atoms with Crippen LogP contribution >= 0.6 is 11.6 Å². The van der Waals surface area contributed by atoms with E-state index in [2.05, 4.69) is 0 Å². The quantitative estimate of drug-likeness (QED) is 0.846. The molecule has 1 heterocycles. The maximum atomic E-state index is 13.1. The Morgan fingerprint density at radius 2 is 2.00 bits per heavy atom. The van der Waals surface area contributed by atoms with E-state index in [-0.39, 0.29) is 11.5 Å². The standard InChI is InChI=1S/C21H21ClN2O3/c22-16-5-2-1-4-15(16)21-11-3-6-18(19(21)26)27-20(24-21)17(23)12-13-7-9-14(25)10-8-13/h1-2,4-5,7-10,17-18,25H,3,6,11-12,23H2/t17-,18?,21?/m0/s1. The van der Waals surface area contributed by atoms with Crippen LogP contribution in [-0.2, 0) is 21.5 Å². The summed E-state index contributed by atoms with van der Waals surface area (Å²) < 4.78 is 5.90. The Balaban J connectivity index is 1.71. The largest absolute Gasteiger partial charge is 0.508 e. The number of hydrogen-bond donors (Lipinski definition) is 2. The van der Waals surface area contributed by atoms with Crippen LogP contribution in [0.3, 0.4) is 0 Å². The van der Waals surface area contributed by atoms with Crippen LogP contribution in [0, 0.1) is 0 Å². The number of rotatable bonds is 4. The lowest BCUT2D eigenvalue weighted by Gasteiger charge is -2.42. The number of phenolic OH excluding ortho intramolecular Hbond substituents is 1. The summed E-state index contributed by atoms with van der Waals surface area (Å²) in [5.74, 6) is 0.561. The summed E-state index contributed by atoms with van der Waals surface area (Å²) in [6.45, 7) is 0. The van der Waals surface area contributed by atoms with Gasteiger partial charge in [-0.2, -0.15) is 0 Å². The fourth-order valence-electron chi connectivity index (χ4n) is 3.92. The molecule has 140 valence electrons. The zero-order chi connectivity index (χ0) is 19.0. The molecule has 0 aromatic heterocycles. The predicted octanol–water partition coefficient (Wildman–Crippen LogP) is 3.36. The van der Waals surface area contributed by atoms with E-state index in [1.54, 1.807) is 18.2 Å². The Labute approximate surface area is 162 Å². The number of halogens is 1. The van der Waals surface area contributed by atoms with Crippen molar-refractivity contribution in [3.63, 3.8) is 0 Å². The lowest BCUT2D eigenvalue weighted by atomic mass is 9.73. The van der Waals surface area contributed by atoms with Crippen molar-refractivity contribution in [1.82, 2.24) is 0 Å². The number of ether oxygens (including phenoxy) is 1. The summed E-state index contributed by atoms with van der Waals surface area (Å²) in [7, 11) is 0. The minimum atomic E-state index is -1.01. The number of phenols is 1. The molecule has 2 aromatic carbocycles. The Bertz CT molecular complexity index is 897. The third kappa shape index (κ3) is 3.22. The second kappa shape index (κ2) is 6.98. The minimum absolute atomic E-state index is 0.0394. The van der Waals surface area contributed by atoms with E-state index in [0.29, 0.717) is 30.2 Å². The maximum Gasteiger partial charge on any atom is 0.205 e. The van der Waals surface area contributed by atoms with Crippen molar-refractivity contribution in [2.24, 2.45) is 10.7 Å². The van der Waals surface area contributed by atoms with Gasteiger partial charge in [0.2, 0.25) is 11.7 Å². The predicted molar refractivity (Wildman–Crippen MR) is 104 cm³/mol. The summed E-state index contributed by atoms with van der Waals surface area (Å²) in [5, 5.41) is 9.97. The zero-order valence-corrected chi connectivity index (χ0v) is 15.5. The van der Waals surface area contributed by atoms with Crippen LogP contribution in [0.1, 0.15) is 30.4 Å². The van der Waals surface area contributed by atoms with Gasteiger partial charge in [0.25, 0.3) is 0 Å². The van der Waals surface area contributed by atoms with Gasteiger partial charge in [-0.15, -0.1) is 0 Å². The van der Waals surface area contributed by atoms with Crippen LogP contribution in [0.25, 0.3) is 0 Å². The number of aromatic hydroxyl groups is 1. The molecule has 0 amide bonds. The number of ketones is 1. The molecule has 1 aliphatic heterocycles. The molecule has 0 spiro atoms. The summed E-state index contributed by atoms with van der Waals surface area (Å²) in [6.07, 6.45) is 2.07. The molecule has 5 nitrogen and oxygen atoms in total. The fraction of sp³-hybridized carbons (Fsp3) is 0.333. The molecular weight excluding hydrogens is 364 g/mol. The van der Waals surface area contributed by atoms with E-state index < -0.39 is 17.7 Å². The Hall–Kier alpha value is -2.37. The second-order valence-corrected chi connectivity index (χ2v) is 7.54. The molecule has 0 radical (unpaired) electrons. The Kier molecular flexibility index (Phi) is 4.66. The first-order chi connectivity index (χ1) is 13.0. The molecule has 27 heavy (non-hydrogen) atoms. The number of fused-ring (bicyclic) bond motifs is 2. The zero-order valence-electron chi connectivity index (χ0n) is 14.8. The van der Waals surface area contributed by atoms with Gasteiger partial charge in [-0.05, 0) is 49.4 Å². The van der Waals surface area contributed by atoms with E-state index in [4.69, 9.17) is 27.1 Å². The van der Waals surface area contributed by atoms with E-state index in [1.165, 1.54) is 0 Å². The van der Waals surface area contributed by atoms with Crippen LogP contribution in [0.4, 0.5) is 0 Å². The van der Waals surface area contributed by atoms with Gasteiger partial charge in [-0.1, -0.05) is 41.9 Å².